The summed E-state index contributed by atoms with van der Waals surface area (Å²) in [5.74, 6) is 2.43. The van der Waals surface area contributed by atoms with Gasteiger partial charge in [0.1, 0.15) is 9.92 Å². The zero-order valence-corrected chi connectivity index (χ0v) is 18.1. The number of benzene rings is 1. The largest absolute Gasteiger partial charge is 0.494 e. The van der Waals surface area contributed by atoms with Gasteiger partial charge in [0.25, 0.3) is 0 Å². The number of sulfonamides is 1. The summed E-state index contributed by atoms with van der Waals surface area (Å²) in [7, 11) is -2.36. The molecule has 7 heteroatoms. The molecule has 0 saturated heterocycles. The van der Waals surface area contributed by atoms with E-state index in [0.29, 0.717) is 0 Å². The molecule has 1 aromatic carbocycles. The second kappa shape index (κ2) is 7.08. The Bertz CT molecular complexity index is 805. The van der Waals surface area contributed by atoms with Crippen LogP contribution < -0.4 is 9.46 Å². The minimum atomic E-state index is -3.77. The highest BCUT2D eigenvalue weighted by molar-refractivity contribution is 7.89. The van der Waals surface area contributed by atoms with E-state index in [4.69, 9.17) is 27.9 Å². The van der Waals surface area contributed by atoms with E-state index in [1.807, 2.05) is 0 Å². The topological polar surface area (TPSA) is 55.4 Å². The maximum absolute atomic E-state index is 13.2. The molecule has 0 heterocycles. The molecule has 4 saturated carbocycles. The SMILES string of the molecule is CCC(NS(=O)(=O)c1ccc(Cl)c(Cl)c1OC)C12CC3CC(CC(C3)C1)C2. The van der Waals surface area contributed by atoms with E-state index >= 15 is 0 Å². The lowest BCUT2D eigenvalue weighted by Crippen LogP contribution is -2.56. The lowest BCUT2D eigenvalue weighted by Gasteiger charge is -2.59. The molecule has 4 bridgehead atoms. The highest BCUT2D eigenvalue weighted by Crippen LogP contribution is 2.61. The van der Waals surface area contributed by atoms with Crippen LogP contribution in [0.3, 0.4) is 0 Å². The van der Waals surface area contributed by atoms with Gasteiger partial charge in [-0.15, -0.1) is 0 Å². The first-order valence-corrected chi connectivity index (χ1v) is 12.1. The first-order chi connectivity index (χ1) is 12.8. The number of nitrogens with one attached hydrogen (secondary N) is 1. The molecule has 4 nitrogen and oxygen atoms in total. The van der Waals surface area contributed by atoms with Crippen molar-refractivity contribution in [3.63, 3.8) is 0 Å². The standard InChI is InChI=1S/C20H27Cl2NO3S/c1-3-17(20-9-12-6-13(10-20)8-14(7-12)11-20)23-27(24,25)16-5-4-15(21)18(22)19(16)26-2/h4-5,12-14,17,23H,3,6-11H2,1-2H3. The molecule has 4 fully saturated rings. The lowest BCUT2D eigenvalue weighted by atomic mass is 9.47. The molecule has 1 atom stereocenters. The van der Waals surface area contributed by atoms with Crippen molar-refractivity contribution in [2.45, 2.75) is 62.8 Å². The lowest BCUT2D eigenvalue weighted by molar-refractivity contribution is -0.0704. The van der Waals surface area contributed by atoms with Gasteiger partial charge in [-0.25, -0.2) is 13.1 Å². The molecule has 4 aliphatic rings. The van der Waals surface area contributed by atoms with Crippen molar-refractivity contribution in [2.24, 2.45) is 23.2 Å². The molecule has 0 radical (unpaired) electrons. The predicted octanol–water partition coefficient (Wildman–Crippen LogP) is 5.28. The number of hydrogen-bond acceptors (Lipinski definition) is 3. The quantitative estimate of drug-likeness (QED) is 0.666. The van der Waals surface area contributed by atoms with E-state index in [9.17, 15) is 8.42 Å². The molecular weight excluding hydrogens is 405 g/mol. The van der Waals surface area contributed by atoms with Crippen molar-refractivity contribution in [1.29, 1.82) is 0 Å². The third-order valence-corrected chi connectivity index (χ3v) is 9.32. The molecule has 1 N–H and O–H groups in total. The van der Waals surface area contributed by atoms with Crippen molar-refractivity contribution in [3.8, 4) is 5.75 Å². The Morgan fingerprint density at radius 2 is 1.70 bits per heavy atom. The second-order valence-electron chi connectivity index (χ2n) is 8.75. The van der Waals surface area contributed by atoms with Crippen molar-refractivity contribution in [1.82, 2.24) is 4.72 Å². The van der Waals surface area contributed by atoms with E-state index in [2.05, 4.69) is 11.6 Å². The predicted molar refractivity (Wildman–Crippen MR) is 108 cm³/mol. The van der Waals surface area contributed by atoms with E-state index in [1.165, 1.54) is 38.5 Å². The van der Waals surface area contributed by atoms with Gasteiger partial charge in [-0.05, 0) is 80.2 Å². The van der Waals surface area contributed by atoms with Crippen LogP contribution in [-0.2, 0) is 10.0 Å². The number of hydrogen-bond donors (Lipinski definition) is 1. The molecule has 0 aliphatic heterocycles. The van der Waals surface area contributed by atoms with Crippen LogP contribution >= 0.6 is 23.2 Å². The fourth-order valence-corrected chi connectivity index (χ4v) is 8.45. The number of methoxy groups -OCH3 is 1. The van der Waals surface area contributed by atoms with Crippen molar-refractivity contribution in [2.75, 3.05) is 7.11 Å². The van der Waals surface area contributed by atoms with Crippen LogP contribution in [0.2, 0.25) is 10.0 Å². The fourth-order valence-electron chi connectivity index (χ4n) is 6.41. The second-order valence-corrected chi connectivity index (χ2v) is 11.2. The molecule has 1 aromatic rings. The third kappa shape index (κ3) is 3.39. The number of halogens is 2. The van der Waals surface area contributed by atoms with Gasteiger partial charge < -0.3 is 4.74 Å². The summed E-state index contributed by atoms with van der Waals surface area (Å²) in [6.07, 6.45) is 8.25. The van der Waals surface area contributed by atoms with Crippen LogP contribution in [0.5, 0.6) is 5.75 Å². The smallest absolute Gasteiger partial charge is 0.244 e. The van der Waals surface area contributed by atoms with Crippen molar-refractivity contribution < 1.29 is 13.2 Å². The average molecular weight is 432 g/mol. The van der Waals surface area contributed by atoms with E-state index < -0.39 is 10.0 Å². The Kier molecular flexibility index (Phi) is 5.20. The van der Waals surface area contributed by atoms with Gasteiger partial charge >= 0.3 is 0 Å². The average Bonchev–Trinajstić information content (AvgIpc) is 2.60. The molecule has 27 heavy (non-hydrogen) atoms. The molecule has 150 valence electrons. The molecule has 4 aliphatic carbocycles. The highest BCUT2D eigenvalue weighted by atomic mass is 35.5. The Morgan fingerprint density at radius 1 is 1.15 bits per heavy atom. The van der Waals surface area contributed by atoms with Crippen LogP contribution in [0.1, 0.15) is 51.9 Å². The number of ether oxygens (including phenoxy) is 1. The van der Waals surface area contributed by atoms with Gasteiger partial charge in [0.2, 0.25) is 10.0 Å². The molecule has 0 aromatic heterocycles. The first-order valence-electron chi connectivity index (χ1n) is 9.82. The maximum Gasteiger partial charge on any atom is 0.244 e. The Hall–Kier alpha value is -0.490. The summed E-state index contributed by atoms with van der Waals surface area (Å²) in [4.78, 5) is 0.0579. The maximum atomic E-state index is 13.2. The zero-order valence-electron chi connectivity index (χ0n) is 15.8. The fraction of sp³-hybridized carbons (Fsp3) is 0.700. The monoisotopic (exact) mass is 431 g/mol. The summed E-state index contributed by atoms with van der Waals surface area (Å²) in [6.45, 7) is 2.08. The Morgan fingerprint density at radius 3 is 2.19 bits per heavy atom. The Labute approximate surface area is 172 Å². The van der Waals surface area contributed by atoms with Gasteiger partial charge in [0.05, 0.1) is 12.1 Å². The molecule has 0 amide bonds. The van der Waals surface area contributed by atoms with E-state index in [0.717, 1.165) is 43.4 Å². The van der Waals surface area contributed by atoms with Crippen LogP contribution in [-0.4, -0.2) is 21.6 Å². The minimum absolute atomic E-state index is 0.0579. The summed E-state index contributed by atoms with van der Waals surface area (Å²) in [5, 5.41) is 0.408. The van der Waals surface area contributed by atoms with E-state index in [1.54, 1.807) is 0 Å². The Balaban J connectivity index is 1.65. The van der Waals surface area contributed by atoms with Gasteiger partial charge in [-0.2, -0.15) is 0 Å². The normalized spacial score (nSPS) is 33.3. The minimum Gasteiger partial charge on any atom is -0.494 e. The molecular formula is C20H27Cl2NO3S. The van der Waals surface area contributed by atoms with Crippen LogP contribution in [0, 0.1) is 23.2 Å². The zero-order chi connectivity index (χ0) is 19.4. The van der Waals surface area contributed by atoms with Crippen LogP contribution in [0.4, 0.5) is 0 Å². The van der Waals surface area contributed by atoms with Gasteiger partial charge in [-0.1, -0.05) is 30.1 Å². The number of rotatable bonds is 6. The van der Waals surface area contributed by atoms with E-state index in [-0.39, 0.29) is 32.1 Å². The highest BCUT2D eigenvalue weighted by Gasteiger charge is 2.54. The summed E-state index contributed by atoms with van der Waals surface area (Å²) in [6, 6.07) is 2.92. The third-order valence-electron chi connectivity index (χ3n) is 7.04. The van der Waals surface area contributed by atoms with Crippen molar-refractivity contribution in [3.05, 3.63) is 22.2 Å². The van der Waals surface area contributed by atoms with Crippen LogP contribution in [0.25, 0.3) is 0 Å². The molecule has 1 unspecified atom stereocenters. The van der Waals surface area contributed by atoms with Gasteiger partial charge in [0, 0.05) is 6.04 Å². The molecule has 0 spiro atoms. The van der Waals surface area contributed by atoms with Crippen molar-refractivity contribution >= 4 is 33.2 Å². The van der Waals surface area contributed by atoms with Gasteiger partial charge in [0.15, 0.2) is 5.75 Å². The summed E-state index contributed by atoms with van der Waals surface area (Å²) in [5.41, 5.74) is 0.0972. The van der Waals surface area contributed by atoms with Crippen LogP contribution in [0.15, 0.2) is 17.0 Å². The summed E-state index contributed by atoms with van der Waals surface area (Å²) < 4.78 is 34.8. The summed E-state index contributed by atoms with van der Waals surface area (Å²) >= 11 is 12.2. The molecule has 5 rings (SSSR count). The first kappa shape index (κ1) is 19.8. The van der Waals surface area contributed by atoms with Gasteiger partial charge in [-0.3, -0.25) is 0 Å².